The smallest absolute Gasteiger partial charge is 0.248 e. The van der Waals surface area contributed by atoms with Crippen LogP contribution in [0.25, 0.3) is 0 Å². The summed E-state index contributed by atoms with van der Waals surface area (Å²) in [6, 6.07) is 11.6. The Kier molecular flexibility index (Phi) is 5.74. The second-order valence-corrected chi connectivity index (χ2v) is 5.75. The fraction of sp³-hybridized carbons (Fsp3) is 0.389. The van der Waals surface area contributed by atoms with Gasteiger partial charge in [-0.2, -0.15) is 0 Å². The van der Waals surface area contributed by atoms with E-state index in [9.17, 15) is 4.79 Å². The molecule has 0 radical (unpaired) electrons. The van der Waals surface area contributed by atoms with E-state index < -0.39 is 0 Å². The van der Waals surface area contributed by atoms with Crippen LogP contribution in [0.1, 0.15) is 18.4 Å². The molecule has 0 saturated carbocycles. The topological polar surface area (TPSA) is 64.5 Å². The molecule has 2 aromatic rings. The molecule has 1 aromatic heterocycles. The minimum Gasteiger partial charge on any atom is -0.472 e. The Hall–Kier alpha value is -2.47. The lowest BCUT2D eigenvalue weighted by Gasteiger charge is -2.32. The summed E-state index contributed by atoms with van der Waals surface area (Å²) in [5, 5.41) is 0. The summed E-state index contributed by atoms with van der Waals surface area (Å²) in [7, 11) is 0. The Morgan fingerprint density at radius 1 is 1.25 bits per heavy atom. The number of amides is 1. The van der Waals surface area contributed by atoms with E-state index in [2.05, 4.69) is 9.97 Å². The van der Waals surface area contributed by atoms with E-state index in [-0.39, 0.29) is 18.6 Å². The summed E-state index contributed by atoms with van der Waals surface area (Å²) >= 11 is 0. The molecule has 0 aliphatic carbocycles. The molecule has 24 heavy (non-hydrogen) atoms. The third-order valence-corrected chi connectivity index (χ3v) is 3.91. The summed E-state index contributed by atoms with van der Waals surface area (Å²) in [6.07, 6.45) is 4.90. The molecule has 1 aliphatic heterocycles. The maximum Gasteiger partial charge on any atom is 0.248 e. The van der Waals surface area contributed by atoms with Crippen LogP contribution in [0.15, 0.2) is 48.9 Å². The lowest BCUT2D eigenvalue weighted by Crippen LogP contribution is -2.45. The molecule has 1 fully saturated rings. The van der Waals surface area contributed by atoms with Crippen molar-refractivity contribution in [2.75, 3.05) is 19.7 Å². The molecule has 1 amide bonds. The Morgan fingerprint density at radius 2 is 2.12 bits per heavy atom. The number of aromatic nitrogens is 2. The van der Waals surface area contributed by atoms with E-state index >= 15 is 0 Å². The summed E-state index contributed by atoms with van der Waals surface area (Å²) in [5.74, 6) is 0.548. The lowest BCUT2D eigenvalue weighted by atomic mass is 10.1. The quantitative estimate of drug-likeness (QED) is 0.812. The maximum atomic E-state index is 12.3. The molecule has 0 N–H and O–H groups in total. The number of piperidine rings is 1. The number of carbonyl (C=O) groups is 1. The number of carbonyl (C=O) groups excluding carboxylic acids is 1. The molecule has 126 valence electrons. The van der Waals surface area contributed by atoms with Crippen molar-refractivity contribution in [2.24, 2.45) is 0 Å². The first kappa shape index (κ1) is 16.4. The fourth-order valence-corrected chi connectivity index (χ4v) is 2.70. The van der Waals surface area contributed by atoms with Gasteiger partial charge in [0.25, 0.3) is 0 Å². The maximum absolute atomic E-state index is 12.3. The molecule has 2 heterocycles. The van der Waals surface area contributed by atoms with Crippen LogP contribution in [0.5, 0.6) is 5.88 Å². The van der Waals surface area contributed by atoms with E-state index in [1.54, 1.807) is 17.2 Å². The number of ether oxygens (including phenoxy) is 2. The molecular formula is C18H21N3O3. The Balaban J connectivity index is 1.44. The van der Waals surface area contributed by atoms with Gasteiger partial charge in [0.15, 0.2) is 0 Å². The van der Waals surface area contributed by atoms with Gasteiger partial charge in [-0.1, -0.05) is 30.3 Å². The normalized spacial score (nSPS) is 17.5. The second-order valence-electron chi connectivity index (χ2n) is 5.75. The van der Waals surface area contributed by atoms with Gasteiger partial charge in [0.05, 0.1) is 13.2 Å². The number of benzene rings is 1. The minimum atomic E-state index is -0.0354. The van der Waals surface area contributed by atoms with Gasteiger partial charge >= 0.3 is 0 Å². The first-order chi connectivity index (χ1) is 11.8. The number of hydrogen-bond acceptors (Lipinski definition) is 5. The summed E-state index contributed by atoms with van der Waals surface area (Å²) in [5.41, 5.74) is 1.06. The average molecular weight is 327 g/mol. The van der Waals surface area contributed by atoms with Gasteiger partial charge in [0, 0.05) is 18.8 Å². The van der Waals surface area contributed by atoms with Crippen molar-refractivity contribution >= 4 is 5.91 Å². The zero-order chi connectivity index (χ0) is 16.6. The predicted octanol–water partition coefficient (Wildman–Crippen LogP) is 2.06. The van der Waals surface area contributed by atoms with Crippen molar-refractivity contribution in [3.63, 3.8) is 0 Å². The molecule has 3 rings (SSSR count). The molecule has 1 aliphatic rings. The van der Waals surface area contributed by atoms with Crippen LogP contribution in [-0.4, -0.2) is 46.6 Å². The van der Waals surface area contributed by atoms with Gasteiger partial charge in [-0.3, -0.25) is 4.79 Å². The van der Waals surface area contributed by atoms with Gasteiger partial charge in [0.2, 0.25) is 11.8 Å². The molecule has 1 aromatic carbocycles. The highest BCUT2D eigenvalue weighted by Crippen LogP contribution is 2.16. The summed E-state index contributed by atoms with van der Waals surface area (Å²) in [6.45, 7) is 1.85. The molecule has 1 saturated heterocycles. The first-order valence-electron chi connectivity index (χ1n) is 8.13. The number of hydrogen-bond donors (Lipinski definition) is 0. The van der Waals surface area contributed by atoms with Gasteiger partial charge in [-0.25, -0.2) is 9.97 Å². The van der Waals surface area contributed by atoms with Crippen LogP contribution in [0.4, 0.5) is 0 Å². The van der Waals surface area contributed by atoms with Crippen LogP contribution < -0.4 is 4.74 Å². The van der Waals surface area contributed by atoms with Crippen molar-refractivity contribution in [3.05, 3.63) is 54.5 Å². The largest absolute Gasteiger partial charge is 0.472 e. The van der Waals surface area contributed by atoms with Crippen LogP contribution >= 0.6 is 0 Å². The molecule has 0 unspecified atom stereocenters. The number of rotatable bonds is 6. The van der Waals surface area contributed by atoms with E-state index in [1.165, 1.54) is 6.33 Å². The Morgan fingerprint density at radius 3 is 2.92 bits per heavy atom. The highest BCUT2D eigenvalue weighted by Gasteiger charge is 2.25. The van der Waals surface area contributed by atoms with Crippen molar-refractivity contribution < 1.29 is 14.3 Å². The highest BCUT2D eigenvalue weighted by molar-refractivity contribution is 5.77. The van der Waals surface area contributed by atoms with Gasteiger partial charge < -0.3 is 14.4 Å². The zero-order valence-electron chi connectivity index (χ0n) is 13.5. The van der Waals surface area contributed by atoms with E-state index in [4.69, 9.17) is 9.47 Å². The summed E-state index contributed by atoms with van der Waals surface area (Å²) < 4.78 is 11.4. The first-order valence-corrected chi connectivity index (χ1v) is 8.13. The lowest BCUT2D eigenvalue weighted by molar-refractivity contribution is -0.139. The third kappa shape index (κ3) is 4.76. The number of likely N-dealkylation sites (tertiary alicyclic amines) is 1. The molecule has 6 nitrogen and oxygen atoms in total. The average Bonchev–Trinajstić information content (AvgIpc) is 2.64. The summed E-state index contributed by atoms with van der Waals surface area (Å²) in [4.78, 5) is 22.0. The zero-order valence-corrected chi connectivity index (χ0v) is 13.5. The Labute approximate surface area is 141 Å². The van der Waals surface area contributed by atoms with E-state index in [0.717, 1.165) is 24.9 Å². The molecule has 6 heteroatoms. The predicted molar refractivity (Wildman–Crippen MR) is 88.4 cm³/mol. The molecule has 0 bridgehead atoms. The standard InChI is InChI=1S/C18H21N3O3/c22-18(13-23-12-15-5-2-1-3-6-15)21-10-4-7-16(11-21)24-17-8-9-19-14-20-17/h1-3,5-6,8-9,14,16H,4,7,10-13H2/t16-/m1/s1. The van der Waals surface area contributed by atoms with E-state index in [0.29, 0.717) is 19.0 Å². The van der Waals surface area contributed by atoms with Crippen molar-refractivity contribution in [3.8, 4) is 5.88 Å². The van der Waals surface area contributed by atoms with Crippen molar-refractivity contribution in [1.29, 1.82) is 0 Å². The fourth-order valence-electron chi connectivity index (χ4n) is 2.70. The van der Waals surface area contributed by atoms with Crippen molar-refractivity contribution in [1.82, 2.24) is 14.9 Å². The minimum absolute atomic E-state index is 0.00178. The van der Waals surface area contributed by atoms with Crippen LogP contribution in [0.3, 0.4) is 0 Å². The highest BCUT2D eigenvalue weighted by atomic mass is 16.5. The monoisotopic (exact) mass is 327 g/mol. The van der Waals surface area contributed by atoms with Crippen molar-refractivity contribution in [2.45, 2.75) is 25.6 Å². The molecule has 0 spiro atoms. The van der Waals surface area contributed by atoms with Crippen LogP contribution in [0.2, 0.25) is 0 Å². The van der Waals surface area contributed by atoms with Gasteiger partial charge in [-0.15, -0.1) is 0 Å². The van der Waals surface area contributed by atoms with E-state index in [1.807, 2.05) is 30.3 Å². The molecule has 1 atom stereocenters. The third-order valence-electron chi connectivity index (χ3n) is 3.91. The number of nitrogens with zero attached hydrogens (tertiary/aromatic N) is 3. The molecular weight excluding hydrogens is 306 g/mol. The van der Waals surface area contributed by atoms with Gasteiger partial charge in [-0.05, 0) is 18.4 Å². The van der Waals surface area contributed by atoms with Gasteiger partial charge in [0.1, 0.15) is 19.0 Å². The Bertz CT molecular complexity index is 636. The SMILES string of the molecule is O=C(COCc1ccccc1)N1CCC[C@@H](Oc2ccncn2)C1. The van der Waals surface area contributed by atoms with Crippen LogP contribution in [-0.2, 0) is 16.1 Å². The second kappa shape index (κ2) is 8.40. The van der Waals surface area contributed by atoms with Crippen LogP contribution in [0, 0.1) is 0 Å².